The van der Waals surface area contributed by atoms with Crippen molar-refractivity contribution in [2.75, 3.05) is 31.6 Å². The van der Waals surface area contributed by atoms with Gasteiger partial charge in [-0.25, -0.2) is 0 Å². The highest BCUT2D eigenvalue weighted by molar-refractivity contribution is 9.10. The first-order valence-electron chi connectivity index (χ1n) is 10.7. The van der Waals surface area contributed by atoms with Gasteiger partial charge in [0, 0.05) is 30.5 Å². The van der Waals surface area contributed by atoms with Gasteiger partial charge in [0.15, 0.2) is 0 Å². The van der Waals surface area contributed by atoms with Gasteiger partial charge >= 0.3 is 0 Å². The normalized spacial score (nSPS) is 17.2. The Morgan fingerprint density at radius 3 is 2.55 bits per heavy atom. The number of nitrogens with one attached hydrogen (secondary N) is 2. The van der Waals surface area contributed by atoms with Crippen LogP contribution in [0.25, 0.3) is 0 Å². The molecule has 0 aliphatic carbocycles. The lowest BCUT2D eigenvalue weighted by Gasteiger charge is -2.34. The Balaban J connectivity index is 1.41. The van der Waals surface area contributed by atoms with E-state index in [1.54, 1.807) is 19.1 Å². The van der Waals surface area contributed by atoms with Crippen LogP contribution in [0.2, 0.25) is 0 Å². The first-order chi connectivity index (χ1) is 14.8. The number of likely N-dealkylation sites (tertiary alicyclic amines) is 1. The van der Waals surface area contributed by atoms with Gasteiger partial charge in [0.05, 0.1) is 5.69 Å². The van der Waals surface area contributed by atoms with E-state index < -0.39 is 5.60 Å². The van der Waals surface area contributed by atoms with Crippen molar-refractivity contribution < 1.29 is 14.6 Å². The number of ether oxygens (including phenoxy) is 1. The molecule has 1 unspecified atom stereocenters. The molecule has 1 aliphatic rings. The van der Waals surface area contributed by atoms with Gasteiger partial charge in [-0.3, -0.25) is 9.69 Å². The molecule has 1 atom stereocenters. The summed E-state index contributed by atoms with van der Waals surface area (Å²) in [5.41, 5.74) is 0.920. The van der Waals surface area contributed by atoms with Crippen LogP contribution >= 0.6 is 15.9 Å². The number of para-hydroxylation sites is 2. The summed E-state index contributed by atoms with van der Waals surface area (Å²) in [5.74, 6) is 0.398. The number of halogens is 1. The fourth-order valence-corrected chi connectivity index (χ4v) is 3.94. The number of aliphatic hydroxyl groups is 1. The summed E-state index contributed by atoms with van der Waals surface area (Å²) in [5, 5.41) is 17.0. The number of hydrogen-bond acceptors (Lipinski definition) is 5. The standard InChI is InChI=1S/C24H32BrN3O3/c1-18(29)27-22-5-3-4-6-23(22)31-17-24(2,30)16-26-21-11-13-28(14-12-21)15-19-7-9-20(25)10-8-19/h3-10,21,26,30H,11-17H2,1-2H3,(H,27,29). The van der Waals surface area contributed by atoms with Crippen molar-refractivity contribution in [3.63, 3.8) is 0 Å². The Bertz CT molecular complexity index is 849. The van der Waals surface area contributed by atoms with Crippen LogP contribution < -0.4 is 15.4 Å². The monoisotopic (exact) mass is 489 g/mol. The van der Waals surface area contributed by atoms with Crippen LogP contribution in [0, 0.1) is 0 Å². The molecule has 168 valence electrons. The second kappa shape index (κ2) is 11.1. The molecule has 3 N–H and O–H groups in total. The number of piperidine rings is 1. The van der Waals surface area contributed by atoms with Crippen molar-refractivity contribution in [1.29, 1.82) is 0 Å². The molecular formula is C24H32BrN3O3. The van der Waals surface area contributed by atoms with E-state index >= 15 is 0 Å². The molecule has 2 aromatic rings. The minimum Gasteiger partial charge on any atom is -0.488 e. The fraction of sp³-hybridized carbons (Fsp3) is 0.458. The average molecular weight is 490 g/mol. The number of benzene rings is 2. The highest BCUT2D eigenvalue weighted by atomic mass is 79.9. The minimum absolute atomic E-state index is 0.138. The van der Waals surface area contributed by atoms with E-state index in [4.69, 9.17) is 4.74 Å². The molecule has 1 saturated heterocycles. The molecule has 6 nitrogen and oxygen atoms in total. The van der Waals surface area contributed by atoms with Crippen LogP contribution in [0.1, 0.15) is 32.3 Å². The summed E-state index contributed by atoms with van der Waals surface area (Å²) in [6.07, 6.45) is 2.11. The molecule has 0 saturated carbocycles. The van der Waals surface area contributed by atoms with Crippen LogP contribution in [0.5, 0.6) is 5.75 Å². The van der Waals surface area contributed by atoms with Gasteiger partial charge in [0.1, 0.15) is 18.0 Å². The van der Waals surface area contributed by atoms with Gasteiger partial charge in [-0.15, -0.1) is 0 Å². The Labute approximate surface area is 193 Å². The molecule has 2 aromatic carbocycles. The minimum atomic E-state index is -1.02. The lowest BCUT2D eigenvalue weighted by molar-refractivity contribution is -0.114. The second-order valence-electron chi connectivity index (χ2n) is 8.52. The van der Waals surface area contributed by atoms with Crippen LogP contribution in [0.4, 0.5) is 5.69 Å². The van der Waals surface area contributed by atoms with Gasteiger partial charge in [0.25, 0.3) is 0 Å². The third-order valence-electron chi connectivity index (χ3n) is 5.41. The molecule has 31 heavy (non-hydrogen) atoms. The van der Waals surface area contributed by atoms with E-state index in [1.807, 2.05) is 12.1 Å². The van der Waals surface area contributed by atoms with Crippen molar-refractivity contribution in [2.24, 2.45) is 0 Å². The number of carbonyl (C=O) groups is 1. The summed E-state index contributed by atoms with van der Waals surface area (Å²) in [6.45, 7) is 6.86. The van der Waals surface area contributed by atoms with E-state index in [2.05, 4.69) is 55.7 Å². The molecule has 0 spiro atoms. The van der Waals surface area contributed by atoms with Crippen molar-refractivity contribution >= 4 is 27.5 Å². The zero-order chi connectivity index (χ0) is 22.3. The quantitative estimate of drug-likeness (QED) is 0.499. The highest BCUT2D eigenvalue weighted by Gasteiger charge is 2.25. The zero-order valence-corrected chi connectivity index (χ0v) is 19.8. The molecule has 3 rings (SSSR count). The largest absolute Gasteiger partial charge is 0.488 e. The average Bonchev–Trinajstić information content (AvgIpc) is 2.74. The Kier molecular flexibility index (Phi) is 8.49. The summed E-state index contributed by atoms with van der Waals surface area (Å²) >= 11 is 3.48. The van der Waals surface area contributed by atoms with Gasteiger partial charge in [0.2, 0.25) is 5.91 Å². The van der Waals surface area contributed by atoms with Gasteiger partial charge < -0.3 is 20.5 Å². The summed E-state index contributed by atoms with van der Waals surface area (Å²) < 4.78 is 6.92. The molecule has 1 heterocycles. The van der Waals surface area contributed by atoms with Crippen LogP contribution in [-0.4, -0.2) is 53.8 Å². The molecule has 1 amide bonds. The predicted molar refractivity (Wildman–Crippen MR) is 127 cm³/mol. The predicted octanol–water partition coefficient (Wildman–Crippen LogP) is 3.79. The second-order valence-corrected chi connectivity index (χ2v) is 9.44. The van der Waals surface area contributed by atoms with Crippen molar-refractivity contribution in [3.8, 4) is 5.75 Å². The SMILES string of the molecule is CC(=O)Nc1ccccc1OCC(C)(O)CNC1CCN(Cc2ccc(Br)cc2)CC1. The number of carbonyl (C=O) groups excluding carboxylic acids is 1. The molecular weight excluding hydrogens is 458 g/mol. The van der Waals surface area contributed by atoms with E-state index in [-0.39, 0.29) is 12.5 Å². The topological polar surface area (TPSA) is 73.8 Å². The van der Waals surface area contributed by atoms with Crippen LogP contribution in [0.15, 0.2) is 53.0 Å². The number of amides is 1. The van der Waals surface area contributed by atoms with Gasteiger partial charge in [-0.05, 0) is 62.7 Å². The lowest BCUT2D eigenvalue weighted by Crippen LogP contribution is -2.49. The van der Waals surface area contributed by atoms with E-state index in [1.165, 1.54) is 12.5 Å². The van der Waals surface area contributed by atoms with E-state index in [0.29, 0.717) is 24.0 Å². The molecule has 0 bridgehead atoms. The summed E-state index contributed by atoms with van der Waals surface area (Å²) in [7, 11) is 0. The number of nitrogens with zero attached hydrogens (tertiary/aromatic N) is 1. The van der Waals surface area contributed by atoms with Crippen molar-refractivity contribution in [3.05, 3.63) is 58.6 Å². The highest BCUT2D eigenvalue weighted by Crippen LogP contribution is 2.25. The van der Waals surface area contributed by atoms with Crippen LogP contribution in [-0.2, 0) is 11.3 Å². The van der Waals surface area contributed by atoms with Crippen molar-refractivity contribution in [2.45, 2.75) is 44.9 Å². The molecule has 0 radical (unpaired) electrons. The summed E-state index contributed by atoms with van der Waals surface area (Å²) in [4.78, 5) is 13.8. The third kappa shape index (κ3) is 7.92. The third-order valence-corrected chi connectivity index (χ3v) is 5.94. The number of rotatable bonds is 9. The maximum absolute atomic E-state index is 11.4. The van der Waals surface area contributed by atoms with Gasteiger partial charge in [-0.2, -0.15) is 0 Å². The Morgan fingerprint density at radius 1 is 1.19 bits per heavy atom. The maximum Gasteiger partial charge on any atom is 0.221 e. The molecule has 0 aromatic heterocycles. The van der Waals surface area contributed by atoms with Crippen LogP contribution in [0.3, 0.4) is 0 Å². The molecule has 1 aliphatic heterocycles. The first kappa shape index (κ1) is 23.7. The van der Waals surface area contributed by atoms with E-state index in [9.17, 15) is 9.90 Å². The molecule has 1 fully saturated rings. The number of hydrogen-bond donors (Lipinski definition) is 3. The van der Waals surface area contributed by atoms with Gasteiger partial charge in [-0.1, -0.05) is 40.2 Å². The summed E-state index contributed by atoms with van der Waals surface area (Å²) in [6, 6.07) is 16.1. The molecule has 7 heteroatoms. The lowest BCUT2D eigenvalue weighted by atomic mass is 10.0. The van der Waals surface area contributed by atoms with E-state index in [0.717, 1.165) is 36.9 Å². The maximum atomic E-state index is 11.4. The fourth-order valence-electron chi connectivity index (χ4n) is 3.68. The smallest absolute Gasteiger partial charge is 0.221 e. The first-order valence-corrected chi connectivity index (χ1v) is 11.5. The Morgan fingerprint density at radius 2 is 1.87 bits per heavy atom. The number of anilines is 1. The Hall–Kier alpha value is -1.93. The zero-order valence-electron chi connectivity index (χ0n) is 18.2. The van der Waals surface area contributed by atoms with Crippen molar-refractivity contribution in [1.82, 2.24) is 10.2 Å².